The van der Waals surface area contributed by atoms with E-state index >= 15 is 0 Å². The van der Waals surface area contributed by atoms with Gasteiger partial charge in [0.2, 0.25) is 10.0 Å². The molecular formula is C6H4Cl3NO2S. The molecule has 0 bridgehead atoms. The zero-order valence-electron chi connectivity index (χ0n) is 6.09. The van der Waals surface area contributed by atoms with Crippen LogP contribution in [0.3, 0.4) is 0 Å². The van der Waals surface area contributed by atoms with Crippen LogP contribution in [0.1, 0.15) is 0 Å². The molecule has 0 aliphatic carbocycles. The summed E-state index contributed by atoms with van der Waals surface area (Å²) in [5, 5.41) is 4.76. The molecular weight excluding hydrogens is 256 g/mol. The molecule has 2 N–H and O–H groups in total. The number of rotatable bonds is 1. The molecule has 0 saturated carbocycles. The number of hydrogen-bond acceptors (Lipinski definition) is 2. The predicted octanol–water partition coefficient (Wildman–Crippen LogP) is 2.29. The fraction of sp³-hybridized carbons (Fsp3) is 0. The number of halogens is 3. The van der Waals surface area contributed by atoms with E-state index in [-0.39, 0.29) is 20.0 Å². The Morgan fingerprint density at radius 2 is 1.54 bits per heavy atom. The van der Waals surface area contributed by atoms with Crippen LogP contribution in [0.4, 0.5) is 0 Å². The smallest absolute Gasteiger partial charge is 0.225 e. The monoisotopic (exact) mass is 259 g/mol. The average molecular weight is 261 g/mol. The Kier molecular flexibility index (Phi) is 3.09. The Morgan fingerprint density at radius 3 is 1.92 bits per heavy atom. The van der Waals surface area contributed by atoms with Crippen LogP contribution in [0.5, 0.6) is 0 Å². The molecule has 0 amide bonds. The van der Waals surface area contributed by atoms with E-state index < -0.39 is 10.0 Å². The lowest BCUT2D eigenvalue weighted by atomic mass is 10.4. The molecule has 1 aromatic carbocycles. The standard InChI is InChI=1S/C6H4Cl3NO2S/c7-3-1-2-4(8)6(5(3)9)13(10,11)12/h1-2H,(H2,10,11,12). The maximum Gasteiger partial charge on any atom is 0.241 e. The van der Waals surface area contributed by atoms with Crippen LogP contribution in [0.15, 0.2) is 17.0 Å². The van der Waals surface area contributed by atoms with Gasteiger partial charge in [0.25, 0.3) is 0 Å². The summed E-state index contributed by atoms with van der Waals surface area (Å²) in [5.41, 5.74) is 0. The van der Waals surface area contributed by atoms with Gasteiger partial charge in [-0.25, -0.2) is 13.6 Å². The van der Waals surface area contributed by atoms with Crippen LogP contribution < -0.4 is 5.14 Å². The maximum absolute atomic E-state index is 11.0. The summed E-state index contributed by atoms with van der Waals surface area (Å²) in [7, 11) is -3.93. The second-order valence-corrected chi connectivity index (χ2v) is 4.91. The number of primary sulfonamides is 1. The highest BCUT2D eigenvalue weighted by atomic mass is 35.5. The second kappa shape index (κ2) is 3.63. The van der Waals surface area contributed by atoms with Crippen LogP contribution in [-0.2, 0) is 10.0 Å². The number of sulfonamides is 1. The van der Waals surface area contributed by atoms with Crippen LogP contribution in [-0.4, -0.2) is 8.42 Å². The van der Waals surface area contributed by atoms with Crippen molar-refractivity contribution in [2.75, 3.05) is 0 Å². The zero-order valence-corrected chi connectivity index (χ0v) is 9.17. The van der Waals surface area contributed by atoms with E-state index in [9.17, 15) is 8.42 Å². The fourth-order valence-corrected chi connectivity index (χ4v) is 2.70. The third kappa shape index (κ3) is 2.27. The van der Waals surface area contributed by atoms with Gasteiger partial charge in [-0.2, -0.15) is 0 Å². The number of nitrogens with two attached hydrogens (primary N) is 1. The van der Waals surface area contributed by atoms with Gasteiger partial charge >= 0.3 is 0 Å². The minimum atomic E-state index is -3.93. The van der Waals surface area contributed by atoms with Crippen molar-refractivity contribution in [1.82, 2.24) is 0 Å². The van der Waals surface area contributed by atoms with Gasteiger partial charge in [-0.15, -0.1) is 0 Å². The fourth-order valence-electron chi connectivity index (χ4n) is 0.769. The van der Waals surface area contributed by atoms with Crippen LogP contribution in [0, 0.1) is 0 Å². The van der Waals surface area contributed by atoms with Gasteiger partial charge in [-0.3, -0.25) is 0 Å². The van der Waals surface area contributed by atoms with Gasteiger partial charge < -0.3 is 0 Å². The molecule has 1 aromatic rings. The van der Waals surface area contributed by atoms with Gasteiger partial charge in [0.1, 0.15) is 4.90 Å². The third-order valence-corrected chi connectivity index (χ3v) is 3.62. The summed E-state index contributed by atoms with van der Waals surface area (Å²) in [6.07, 6.45) is 0. The molecule has 13 heavy (non-hydrogen) atoms. The first-order valence-corrected chi connectivity index (χ1v) is 5.68. The normalized spacial score (nSPS) is 11.7. The highest BCUT2D eigenvalue weighted by Crippen LogP contribution is 2.33. The summed E-state index contributed by atoms with van der Waals surface area (Å²) in [6, 6.07) is 2.70. The molecule has 0 heterocycles. The lowest BCUT2D eigenvalue weighted by molar-refractivity contribution is 0.598. The molecule has 1 rings (SSSR count). The zero-order chi connectivity index (χ0) is 10.2. The molecule has 3 nitrogen and oxygen atoms in total. The lowest BCUT2D eigenvalue weighted by Crippen LogP contribution is -2.13. The summed E-state index contributed by atoms with van der Waals surface area (Å²) >= 11 is 16.8. The van der Waals surface area contributed by atoms with Gasteiger partial charge in [0.15, 0.2) is 0 Å². The molecule has 7 heteroatoms. The largest absolute Gasteiger partial charge is 0.241 e. The molecule has 0 atom stereocenters. The van der Waals surface area contributed by atoms with Gasteiger partial charge in [0.05, 0.1) is 15.1 Å². The van der Waals surface area contributed by atoms with Crippen LogP contribution >= 0.6 is 34.8 Å². The quantitative estimate of drug-likeness (QED) is 0.788. The van der Waals surface area contributed by atoms with E-state index in [1.807, 2.05) is 0 Å². The summed E-state index contributed by atoms with van der Waals surface area (Å²) < 4.78 is 22.0. The summed E-state index contributed by atoms with van der Waals surface area (Å²) in [4.78, 5) is -0.344. The minimum Gasteiger partial charge on any atom is -0.225 e. The Balaban J connectivity index is 3.62. The van der Waals surface area contributed by atoms with Crippen LogP contribution in [0.25, 0.3) is 0 Å². The van der Waals surface area contributed by atoms with Crippen molar-refractivity contribution in [2.45, 2.75) is 4.90 Å². The Hall–Kier alpha value is -0.000000000000000111. The topological polar surface area (TPSA) is 60.2 Å². The van der Waals surface area contributed by atoms with E-state index in [1.54, 1.807) is 0 Å². The van der Waals surface area contributed by atoms with E-state index in [0.717, 1.165) is 0 Å². The Morgan fingerprint density at radius 1 is 1.08 bits per heavy atom. The van der Waals surface area contributed by atoms with Gasteiger partial charge in [-0.1, -0.05) is 34.8 Å². The van der Waals surface area contributed by atoms with Crippen molar-refractivity contribution in [3.63, 3.8) is 0 Å². The van der Waals surface area contributed by atoms with E-state index in [2.05, 4.69) is 0 Å². The predicted molar refractivity (Wildman–Crippen MR) is 52.8 cm³/mol. The third-order valence-electron chi connectivity index (χ3n) is 1.29. The number of hydrogen-bond donors (Lipinski definition) is 1. The highest BCUT2D eigenvalue weighted by molar-refractivity contribution is 7.89. The lowest BCUT2D eigenvalue weighted by Gasteiger charge is -2.04. The summed E-state index contributed by atoms with van der Waals surface area (Å²) in [6.45, 7) is 0. The first kappa shape index (κ1) is 11.1. The van der Waals surface area contributed by atoms with Crippen LogP contribution in [0.2, 0.25) is 15.1 Å². The van der Waals surface area contributed by atoms with Gasteiger partial charge in [-0.05, 0) is 12.1 Å². The van der Waals surface area contributed by atoms with E-state index in [1.165, 1.54) is 12.1 Å². The number of benzene rings is 1. The van der Waals surface area contributed by atoms with Crippen molar-refractivity contribution >= 4 is 44.8 Å². The second-order valence-electron chi connectivity index (χ2n) is 2.22. The van der Waals surface area contributed by atoms with Crippen molar-refractivity contribution in [2.24, 2.45) is 5.14 Å². The maximum atomic E-state index is 11.0. The molecule has 0 radical (unpaired) electrons. The average Bonchev–Trinajstić information content (AvgIpc) is 1.95. The SMILES string of the molecule is NS(=O)(=O)c1c(Cl)ccc(Cl)c1Cl. The first-order chi connectivity index (χ1) is 5.84. The van der Waals surface area contributed by atoms with Crippen molar-refractivity contribution < 1.29 is 8.42 Å². The molecule has 0 spiro atoms. The molecule has 72 valence electrons. The summed E-state index contributed by atoms with van der Waals surface area (Å²) in [5.74, 6) is 0. The molecule has 0 saturated heterocycles. The molecule has 0 aromatic heterocycles. The molecule has 0 fully saturated rings. The highest BCUT2D eigenvalue weighted by Gasteiger charge is 2.19. The van der Waals surface area contributed by atoms with E-state index in [4.69, 9.17) is 39.9 Å². The van der Waals surface area contributed by atoms with Crippen molar-refractivity contribution in [3.8, 4) is 0 Å². The first-order valence-electron chi connectivity index (χ1n) is 3.00. The molecule has 0 aliphatic rings. The van der Waals surface area contributed by atoms with E-state index in [0.29, 0.717) is 0 Å². The van der Waals surface area contributed by atoms with Crippen molar-refractivity contribution in [1.29, 1.82) is 0 Å². The van der Waals surface area contributed by atoms with Gasteiger partial charge in [0, 0.05) is 0 Å². The Bertz CT molecular complexity index is 443. The molecule has 0 aliphatic heterocycles. The minimum absolute atomic E-state index is 0.0445. The molecule has 0 unspecified atom stereocenters. The Labute approximate surface area is 90.4 Å². The van der Waals surface area contributed by atoms with Crippen molar-refractivity contribution in [3.05, 3.63) is 27.2 Å².